The van der Waals surface area contributed by atoms with E-state index in [2.05, 4.69) is 35.0 Å². The molecule has 0 radical (unpaired) electrons. The van der Waals surface area contributed by atoms with Crippen LogP contribution < -0.4 is 16.0 Å². The van der Waals surface area contributed by atoms with E-state index in [1.54, 1.807) is 0 Å². The van der Waals surface area contributed by atoms with Gasteiger partial charge >= 0.3 is 0 Å². The van der Waals surface area contributed by atoms with E-state index in [1.807, 2.05) is 18.2 Å². The Morgan fingerprint density at radius 3 is 2.84 bits per heavy atom. The lowest BCUT2D eigenvalue weighted by Gasteiger charge is -2.24. The molecule has 1 unspecified atom stereocenters. The van der Waals surface area contributed by atoms with Crippen LogP contribution in [0, 0.1) is 0 Å². The van der Waals surface area contributed by atoms with E-state index in [-0.39, 0.29) is 11.4 Å². The Balaban J connectivity index is 1.62. The summed E-state index contributed by atoms with van der Waals surface area (Å²) >= 11 is 0. The van der Waals surface area contributed by atoms with E-state index >= 15 is 0 Å². The van der Waals surface area contributed by atoms with Gasteiger partial charge in [0.15, 0.2) is 0 Å². The van der Waals surface area contributed by atoms with Crippen LogP contribution in [0.15, 0.2) is 30.3 Å². The van der Waals surface area contributed by atoms with E-state index in [0.29, 0.717) is 13.1 Å². The molecule has 1 aliphatic rings. The number of benzene rings is 1. The zero-order chi connectivity index (χ0) is 13.6. The summed E-state index contributed by atoms with van der Waals surface area (Å²) in [6.07, 6.45) is 1.95. The Kier molecular flexibility index (Phi) is 4.93. The van der Waals surface area contributed by atoms with Crippen molar-refractivity contribution in [3.8, 4) is 0 Å². The zero-order valence-corrected chi connectivity index (χ0v) is 11.5. The summed E-state index contributed by atoms with van der Waals surface area (Å²) in [7, 11) is 0. The molecule has 0 aliphatic carbocycles. The van der Waals surface area contributed by atoms with E-state index in [4.69, 9.17) is 0 Å². The summed E-state index contributed by atoms with van der Waals surface area (Å²) < 4.78 is 0. The number of hydrogen-bond acceptors (Lipinski definition) is 3. The fourth-order valence-corrected chi connectivity index (χ4v) is 2.31. The van der Waals surface area contributed by atoms with Gasteiger partial charge in [0.2, 0.25) is 5.91 Å². The second-order valence-corrected chi connectivity index (χ2v) is 5.43. The van der Waals surface area contributed by atoms with E-state index < -0.39 is 0 Å². The van der Waals surface area contributed by atoms with Crippen molar-refractivity contribution in [3.63, 3.8) is 0 Å². The third-order valence-electron chi connectivity index (χ3n) is 3.62. The maximum absolute atomic E-state index is 11.7. The van der Waals surface area contributed by atoms with Gasteiger partial charge in [0, 0.05) is 18.6 Å². The Bertz CT molecular complexity index is 399. The molecule has 4 nitrogen and oxygen atoms in total. The van der Waals surface area contributed by atoms with Gasteiger partial charge in [0.25, 0.3) is 0 Å². The lowest BCUT2D eigenvalue weighted by atomic mass is 10.0. The molecule has 0 spiro atoms. The molecule has 1 heterocycles. The highest BCUT2D eigenvalue weighted by Gasteiger charge is 2.27. The van der Waals surface area contributed by atoms with Crippen LogP contribution in [0.5, 0.6) is 0 Å². The van der Waals surface area contributed by atoms with Crippen molar-refractivity contribution < 1.29 is 4.79 Å². The van der Waals surface area contributed by atoms with Gasteiger partial charge in [-0.2, -0.15) is 0 Å². The Labute approximate surface area is 115 Å². The van der Waals surface area contributed by atoms with Gasteiger partial charge in [-0.15, -0.1) is 0 Å². The van der Waals surface area contributed by atoms with E-state index in [9.17, 15) is 4.79 Å². The Hall–Kier alpha value is -1.39. The van der Waals surface area contributed by atoms with Gasteiger partial charge in [-0.1, -0.05) is 30.3 Å². The first kappa shape index (κ1) is 14.0. The summed E-state index contributed by atoms with van der Waals surface area (Å²) in [5.41, 5.74) is 1.32. The van der Waals surface area contributed by atoms with Crippen molar-refractivity contribution in [2.45, 2.75) is 25.3 Å². The third-order valence-corrected chi connectivity index (χ3v) is 3.62. The SMILES string of the molecule is CC1(NCC(=O)NCCc2ccccc2)CCNC1. The lowest BCUT2D eigenvalue weighted by molar-refractivity contribution is -0.120. The maximum atomic E-state index is 11.7. The van der Waals surface area contributed by atoms with Crippen LogP contribution in [0.2, 0.25) is 0 Å². The second-order valence-electron chi connectivity index (χ2n) is 5.43. The molecule has 0 saturated carbocycles. The monoisotopic (exact) mass is 261 g/mol. The fraction of sp³-hybridized carbons (Fsp3) is 0.533. The Morgan fingerprint density at radius 1 is 1.37 bits per heavy atom. The highest BCUT2D eigenvalue weighted by molar-refractivity contribution is 5.78. The van der Waals surface area contributed by atoms with Gasteiger partial charge in [0.05, 0.1) is 6.54 Å². The van der Waals surface area contributed by atoms with Gasteiger partial charge in [0.1, 0.15) is 0 Å². The van der Waals surface area contributed by atoms with Crippen LogP contribution in [-0.4, -0.2) is 37.6 Å². The predicted molar refractivity (Wildman–Crippen MR) is 77.1 cm³/mol. The van der Waals surface area contributed by atoms with Crippen molar-refractivity contribution in [2.75, 3.05) is 26.2 Å². The molecule has 2 rings (SSSR count). The van der Waals surface area contributed by atoms with Crippen molar-refractivity contribution in [1.82, 2.24) is 16.0 Å². The number of nitrogens with one attached hydrogen (secondary N) is 3. The van der Waals surface area contributed by atoms with Crippen molar-refractivity contribution >= 4 is 5.91 Å². The summed E-state index contributed by atoms with van der Waals surface area (Å²) in [5, 5.41) is 9.59. The minimum Gasteiger partial charge on any atom is -0.355 e. The highest BCUT2D eigenvalue weighted by atomic mass is 16.1. The minimum absolute atomic E-state index is 0.0662. The molecule has 1 aromatic rings. The summed E-state index contributed by atoms with van der Waals surface area (Å²) in [4.78, 5) is 11.7. The normalized spacial score (nSPS) is 22.4. The summed E-state index contributed by atoms with van der Waals surface area (Å²) in [6.45, 7) is 5.21. The number of rotatable bonds is 6. The molecule has 104 valence electrons. The molecule has 0 aromatic heterocycles. The molecular weight excluding hydrogens is 238 g/mol. The minimum atomic E-state index is 0.0662. The molecule has 1 atom stereocenters. The van der Waals surface area contributed by atoms with Gasteiger partial charge in [-0.05, 0) is 31.9 Å². The highest BCUT2D eigenvalue weighted by Crippen LogP contribution is 2.12. The van der Waals surface area contributed by atoms with Crippen LogP contribution in [0.4, 0.5) is 0 Å². The molecule has 4 heteroatoms. The van der Waals surface area contributed by atoms with Gasteiger partial charge < -0.3 is 16.0 Å². The molecule has 1 aliphatic heterocycles. The Morgan fingerprint density at radius 2 is 2.16 bits per heavy atom. The fourth-order valence-electron chi connectivity index (χ4n) is 2.31. The zero-order valence-electron chi connectivity index (χ0n) is 11.5. The average molecular weight is 261 g/mol. The number of carbonyl (C=O) groups excluding carboxylic acids is 1. The van der Waals surface area contributed by atoms with E-state index in [1.165, 1.54) is 5.56 Å². The molecular formula is C15H23N3O. The van der Waals surface area contributed by atoms with Crippen LogP contribution in [0.1, 0.15) is 18.9 Å². The number of carbonyl (C=O) groups is 1. The maximum Gasteiger partial charge on any atom is 0.233 e. The second kappa shape index (κ2) is 6.68. The molecule has 3 N–H and O–H groups in total. The van der Waals surface area contributed by atoms with Crippen LogP contribution in [0.25, 0.3) is 0 Å². The lowest BCUT2D eigenvalue weighted by Crippen LogP contribution is -2.48. The smallest absolute Gasteiger partial charge is 0.233 e. The number of amides is 1. The standard InChI is InChI=1S/C15H23N3O/c1-15(8-10-16-12-15)18-11-14(19)17-9-7-13-5-3-2-4-6-13/h2-6,16,18H,7-12H2,1H3,(H,17,19). The van der Waals surface area contributed by atoms with Crippen molar-refractivity contribution in [1.29, 1.82) is 0 Å². The number of hydrogen-bond donors (Lipinski definition) is 3. The third kappa shape index (κ3) is 4.65. The first-order valence-corrected chi connectivity index (χ1v) is 6.94. The van der Waals surface area contributed by atoms with E-state index in [0.717, 1.165) is 25.9 Å². The quantitative estimate of drug-likeness (QED) is 0.706. The molecule has 0 bridgehead atoms. The van der Waals surface area contributed by atoms with Gasteiger partial charge in [-0.25, -0.2) is 0 Å². The molecule has 1 aromatic carbocycles. The van der Waals surface area contributed by atoms with Crippen LogP contribution in [-0.2, 0) is 11.2 Å². The molecule has 19 heavy (non-hydrogen) atoms. The van der Waals surface area contributed by atoms with Gasteiger partial charge in [-0.3, -0.25) is 4.79 Å². The van der Waals surface area contributed by atoms with Crippen LogP contribution in [0.3, 0.4) is 0 Å². The summed E-state index contributed by atoms with van der Waals surface area (Å²) in [5.74, 6) is 0.0732. The largest absolute Gasteiger partial charge is 0.355 e. The molecule has 1 saturated heterocycles. The van der Waals surface area contributed by atoms with Crippen LogP contribution >= 0.6 is 0 Å². The average Bonchev–Trinajstić information content (AvgIpc) is 2.85. The van der Waals surface area contributed by atoms with Crippen molar-refractivity contribution in [3.05, 3.63) is 35.9 Å². The topological polar surface area (TPSA) is 53.2 Å². The predicted octanol–water partition coefficient (Wildman–Crippen LogP) is 0.687. The molecule has 1 amide bonds. The first-order valence-electron chi connectivity index (χ1n) is 6.94. The molecule has 1 fully saturated rings. The summed E-state index contributed by atoms with van der Waals surface area (Å²) in [6, 6.07) is 10.2. The van der Waals surface area contributed by atoms with Crippen molar-refractivity contribution in [2.24, 2.45) is 0 Å². The first-order chi connectivity index (χ1) is 9.18.